The van der Waals surface area contributed by atoms with E-state index in [2.05, 4.69) is 13.0 Å². The van der Waals surface area contributed by atoms with Crippen LogP contribution in [0.1, 0.15) is 41.3 Å². The summed E-state index contributed by atoms with van der Waals surface area (Å²) < 4.78 is 0. The number of ketones is 1. The van der Waals surface area contributed by atoms with Gasteiger partial charge in [-0.1, -0.05) is 37.1 Å². The van der Waals surface area contributed by atoms with Gasteiger partial charge in [0.15, 0.2) is 5.78 Å². The fourth-order valence-electron chi connectivity index (χ4n) is 3.47. The van der Waals surface area contributed by atoms with Crippen molar-refractivity contribution in [1.29, 1.82) is 5.26 Å². The number of benzene rings is 2. The van der Waals surface area contributed by atoms with E-state index in [0.29, 0.717) is 17.7 Å². The van der Waals surface area contributed by atoms with Crippen molar-refractivity contribution >= 4 is 17.5 Å². The van der Waals surface area contributed by atoms with Crippen molar-refractivity contribution in [3.63, 3.8) is 0 Å². The van der Waals surface area contributed by atoms with Crippen LogP contribution in [0.4, 0.5) is 10.5 Å². The van der Waals surface area contributed by atoms with Gasteiger partial charge in [-0.25, -0.2) is 4.79 Å². The first-order valence-electron chi connectivity index (χ1n) is 9.21. The average Bonchev–Trinajstić information content (AvgIpc) is 2.98. The first-order valence-corrected chi connectivity index (χ1v) is 9.21. The number of carbonyl (C=O) groups excluding carboxylic acids is 2. The zero-order valence-electron chi connectivity index (χ0n) is 15.7. The largest absolute Gasteiger partial charge is 0.325 e. The number of anilines is 1. The molecule has 0 spiro atoms. The molecule has 0 radical (unpaired) electrons. The molecule has 1 heterocycles. The number of urea groups is 1. The summed E-state index contributed by atoms with van der Waals surface area (Å²) in [6.07, 6.45) is 1.79. The maximum atomic E-state index is 13.0. The second-order valence-corrected chi connectivity index (χ2v) is 6.91. The minimum atomic E-state index is -0.154. The molecule has 0 aromatic heterocycles. The molecule has 138 valence electrons. The smallest absolute Gasteiger partial charge is 0.312 e. The topological polar surface area (TPSA) is 64.4 Å². The second kappa shape index (κ2) is 8.05. The summed E-state index contributed by atoms with van der Waals surface area (Å²) in [4.78, 5) is 29.1. The third kappa shape index (κ3) is 4.01. The number of aryl methyl sites for hydroxylation is 1. The monoisotopic (exact) mass is 361 g/mol. The highest BCUT2D eigenvalue weighted by molar-refractivity contribution is 6.02. The Kier molecular flexibility index (Phi) is 5.56. The van der Waals surface area contributed by atoms with Crippen LogP contribution in [0.2, 0.25) is 0 Å². The fraction of sp³-hybridized carbons (Fsp3) is 0.318. The number of nitriles is 1. The third-order valence-corrected chi connectivity index (χ3v) is 4.89. The molecule has 1 aliphatic heterocycles. The summed E-state index contributed by atoms with van der Waals surface area (Å²) in [6.45, 7) is 4.67. The normalized spacial score (nSPS) is 16.5. The highest BCUT2D eigenvalue weighted by atomic mass is 16.2. The van der Waals surface area contributed by atoms with Crippen molar-refractivity contribution in [2.45, 2.75) is 32.7 Å². The first-order chi connectivity index (χ1) is 13.0. The SMILES string of the molecule is CCC[C@H]1CN(c2ccc(C#N)cc2)C(=O)N1CC(=O)c1cccc(C)c1. The molecule has 27 heavy (non-hydrogen) atoms. The minimum Gasteiger partial charge on any atom is -0.312 e. The van der Waals surface area contributed by atoms with Crippen LogP contribution in [0.15, 0.2) is 48.5 Å². The molecular weight excluding hydrogens is 338 g/mol. The summed E-state index contributed by atoms with van der Waals surface area (Å²) in [5.74, 6) is -0.0465. The van der Waals surface area contributed by atoms with Crippen LogP contribution in [0, 0.1) is 18.3 Å². The van der Waals surface area contributed by atoms with Gasteiger partial charge in [0.1, 0.15) is 0 Å². The van der Waals surface area contributed by atoms with Gasteiger partial charge < -0.3 is 4.90 Å². The number of hydrogen-bond donors (Lipinski definition) is 0. The van der Waals surface area contributed by atoms with Crippen molar-refractivity contribution in [3.8, 4) is 6.07 Å². The van der Waals surface area contributed by atoms with Crippen LogP contribution in [-0.4, -0.2) is 35.8 Å². The van der Waals surface area contributed by atoms with E-state index >= 15 is 0 Å². The minimum absolute atomic E-state index is 0.00639. The van der Waals surface area contributed by atoms with Gasteiger partial charge in [0.05, 0.1) is 24.2 Å². The number of hydrogen-bond acceptors (Lipinski definition) is 3. The molecule has 0 saturated carbocycles. The quantitative estimate of drug-likeness (QED) is 0.726. The molecule has 1 atom stereocenters. The van der Waals surface area contributed by atoms with E-state index < -0.39 is 0 Å². The van der Waals surface area contributed by atoms with Gasteiger partial charge in [-0.05, 0) is 43.7 Å². The summed E-state index contributed by atoms with van der Waals surface area (Å²) in [6, 6.07) is 16.4. The van der Waals surface area contributed by atoms with E-state index in [1.807, 2.05) is 25.1 Å². The molecule has 1 fully saturated rings. The molecule has 2 aromatic rings. The van der Waals surface area contributed by atoms with E-state index in [9.17, 15) is 9.59 Å². The van der Waals surface area contributed by atoms with E-state index in [1.54, 1.807) is 40.1 Å². The fourth-order valence-corrected chi connectivity index (χ4v) is 3.47. The number of carbonyl (C=O) groups is 2. The summed E-state index contributed by atoms with van der Waals surface area (Å²) in [5.41, 5.74) is 2.97. The van der Waals surface area contributed by atoms with Crippen LogP contribution in [-0.2, 0) is 0 Å². The lowest BCUT2D eigenvalue weighted by Gasteiger charge is -2.22. The number of nitrogens with zero attached hydrogens (tertiary/aromatic N) is 3. The van der Waals surface area contributed by atoms with Gasteiger partial charge in [-0.2, -0.15) is 5.26 Å². The molecule has 0 aliphatic carbocycles. The molecule has 0 unspecified atom stereocenters. The second-order valence-electron chi connectivity index (χ2n) is 6.91. The predicted molar refractivity (Wildman–Crippen MR) is 105 cm³/mol. The molecule has 5 heteroatoms. The first kappa shape index (κ1) is 18.7. The highest BCUT2D eigenvalue weighted by Gasteiger charge is 2.38. The maximum absolute atomic E-state index is 13.0. The summed E-state index contributed by atoms with van der Waals surface area (Å²) in [5, 5.41) is 8.95. The van der Waals surface area contributed by atoms with Crippen LogP contribution < -0.4 is 4.90 Å². The lowest BCUT2D eigenvalue weighted by Crippen LogP contribution is -2.39. The zero-order chi connectivity index (χ0) is 19.4. The predicted octanol–water partition coefficient (Wildman–Crippen LogP) is 4.16. The highest BCUT2D eigenvalue weighted by Crippen LogP contribution is 2.26. The van der Waals surface area contributed by atoms with E-state index in [1.165, 1.54) is 0 Å². The van der Waals surface area contributed by atoms with Crippen LogP contribution in [0.3, 0.4) is 0 Å². The van der Waals surface area contributed by atoms with Gasteiger partial charge in [0.2, 0.25) is 0 Å². The van der Waals surface area contributed by atoms with Gasteiger partial charge in [0.25, 0.3) is 0 Å². The molecule has 1 saturated heterocycles. The third-order valence-electron chi connectivity index (χ3n) is 4.89. The lowest BCUT2D eigenvalue weighted by molar-refractivity contribution is 0.0935. The van der Waals surface area contributed by atoms with Crippen LogP contribution in [0.25, 0.3) is 0 Å². The van der Waals surface area contributed by atoms with Gasteiger partial charge >= 0.3 is 6.03 Å². The maximum Gasteiger partial charge on any atom is 0.325 e. The van der Waals surface area contributed by atoms with Crippen molar-refractivity contribution < 1.29 is 9.59 Å². The van der Waals surface area contributed by atoms with Gasteiger partial charge in [-0.3, -0.25) is 9.69 Å². The summed E-state index contributed by atoms with van der Waals surface area (Å²) >= 11 is 0. The van der Waals surface area contributed by atoms with Crippen LogP contribution >= 0.6 is 0 Å². The molecule has 5 nitrogen and oxygen atoms in total. The number of Topliss-reactive ketones (excluding diaryl/α,β-unsaturated/α-hetero) is 1. The molecule has 0 N–H and O–H groups in total. The van der Waals surface area contributed by atoms with Crippen molar-refractivity contribution in [2.75, 3.05) is 18.0 Å². The molecule has 3 rings (SSSR count). The standard InChI is InChI=1S/C22H23N3O2/c1-3-5-20-14-24(19-10-8-17(13-23)9-11-19)22(27)25(20)15-21(26)18-7-4-6-16(2)12-18/h4,6-12,20H,3,5,14-15H2,1-2H3/t20-/m0/s1. The molecule has 2 amide bonds. The Bertz CT molecular complexity index is 883. The lowest BCUT2D eigenvalue weighted by atomic mass is 10.1. The Labute approximate surface area is 159 Å². The Morgan fingerprint density at radius 1 is 1.22 bits per heavy atom. The van der Waals surface area contributed by atoms with Crippen molar-refractivity contribution in [3.05, 3.63) is 65.2 Å². The van der Waals surface area contributed by atoms with E-state index in [4.69, 9.17) is 5.26 Å². The number of rotatable bonds is 6. The number of amides is 2. The Morgan fingerprint density at radius 3 is 2.59 bits per heavy atom. The van der Waals surface area contributed by atoms with E-state index in [0.717, 1.165) is 24.1 Å². The van der Waals surface area contributed by atoms with Crippen molar-refractivity contribution in [1.82, 2.24) is 4.90 Å². The summed E-state index contributed by atoms with van der Waals surface area (Å²) in [7, 11) is 0. The zero-order valence-corrected chi connectivity index (χ0v) is 15.7. The van der Waals surface area contributed by atoms with Gasteiger partial charge in [0, 0.05) is 17.8 Å². The van der Waals surface area contributed by atoms with Crippen LogP contribution in [0.5, 0.6) is 0 Å². The average molecular weight is 361 g/mol. The Balaban J connectivity index is 1.81. The molecule has 0 bridgehead atoms. The Morgan fingerprint density at radius 2 is 1.96 bits per heavy atom. The van der Waals surface area contributed by atoms with E-state index in [-0.39, 0.29) is 24.4 Å². The van der Waals surface area contributed by atoms with Crippen molar-refractivity contribution in [2.24, 2.45) is 0 Å². The Hall–Kier alpha value is -3.13. The molecule has 1 aliphatic rings. The van der Waals surface area contributed by atoms with Gasteiger partial charge in [-0.15, -0.1) is 0 Å². The molecular formula is C22H23N3O2. The molecule has 2 aromatic carbocycles.